The van der Waals surface area contributed by atoms with Crippen LogP contribution in [0.25, 0.3) is 11.1 Å². The van der Waals surface area contributed by atoms with E-state index in [1.807, 2.05) is 61.5 Å². The molecule has 1 unspecified atom stereocenters. The molecule has 1 saturated heterocycles. The summed E-state index contributed by atoms with van der Waals surface area (Å²) in [4.78, 5) is 16.1. The third kappa shape index (κ3) is 5.44. The lowest BCUT2D eigenvalue weighted by Gasteiger charge is -2.17. The lowest BCUT2D eigenvalue weighted by molar-refractivity contribution is -0.118. The van der Waals surface area contributed by atoms with Gasteiger partial charge in [-0.25, -0.2) is 4.98 Å². The molecule has 5 rings (SSSR count). The van der Waals surface area contributed by atoms with Crippen LogP contribution in [0.3, 0.4) is 0 Å². The Hall–Kier alpha value is -3.23. The number of aromatic nitrogens is 1. The van der Waals surface area contributed by atoms with Crippen LogP contribution in [-0.4, -0.2) is 34.8 Å². The van der Waals surface area contributed by atoms with Gasteiger partial charge in [-0.15, -0.1) is 0 Å². The molecule has 0 bridgehead atoms. The molecule has 1 amide bonds. The highest BCUT2D eigenvalue weighted by Crippen LogP contribution is 2.43. The summed E-state index contributed by atoms with van der Waals surface area (Å²) in [6, 6.07) is 17.8. The molecule has 2 aliphatic rings. The van der Waals surface area contributed by atoms with Crippen LogP contribution in [-0.2, 0) is 4.79 Å². The number of amides is 1. The molecule has 2 aliphatic heterocycles. The highest BCUT2D eigenvalue weighted by molar-refractivity contribution is 7.98. The quantitative estimate of drug-likeness (QED) is 0.400. The van der Waals surface area contributed by atoms with Crippen molar-refractivity contribution in [3.8, 4) is 28.5 Å². The van der Waals surface area contributed by atoms with Gasteiger partial charge in [0.25, 0.3) is 0 Å². The summed E-state index contributed by atoms with van der Waals surface area (Å²) < 4.78 is 20.9. The second-order valence-electron chi connectivity index (χ2n) is 9.74. The van der Waals surface area contributed by atoms with Crippen molar-refractivity contribution in [3.05, 3.63) is 71.4 Å². The minimum Gasteiger partial charge on any atom is -0.488 e. The Balaban J connectivity index is 1.29. The van der Waals surface area contributed by atoms with Crippen molar-refractivity contribution in [1.29, 1.82) is 0 Å². The van der Waals surface area contributed by atoms with Crippen molar-refractivity contribution in [2.75, 3.05) is 13.2 Å². The number of nitrogens with one attached hydrogen (secondary N) is 1. The molecule has 0 radical (unpaired) electrons. The topological polar surface area (TPSA) is 89.9 Å². The van der Waals surface area contributed by atoms with Gasteiger partial charge in [0.2, 0.25) is 11.8 Å². The number of benzene rings is 2. The third-order valence-corrected chi connectivity index (χ3v) is 7.37. The fraction of sp³-hybridized carbons (Fsp3) is 0.357. The summed E-state index contributed by atoms with van der Waals surface area (Å²) in [6.45, 7) is 6.30. The fourth-order valence-electron chi connectivity index (χ4n) is 4.34. The van der Waals surface area contributed by atoms with E-state index in [9.17, 15) is 9.90 Å². The number of para-hydroxylation sites is 1. The van der Waals surface area contributed by atoms with Crippen LogP contribution in [0.5, 0.6) is 17.4 Å². The first-order chi connectivity index (χ1) is 17.3. The SMILES string of the molecule is Cc1nc(OCCC(C)(C)O)ccc1-c1cccc2c1OC[C@H]2Oc1ccc(C2CC(=O)NS2)cc1. The van der Waals surface area contributed by atoms with E-state index in [4.69, 9.17) is 14.2 Å². The maximum atomic E-state index is 11.5. The normalized spacial score (nSPS) is 18.9. The lowest BCUT2D eigenvalue weighted by atomic mass is 9.99. The van der Waals surface area contributed by atoms with E-state index in [0.29, 0.717) is 31.9 Å². The molecule has 8 heteroatoms. The third-order valence-electron chi connectivity index (χ3n) is 6.30. The first-order valence-corrected chi connectivity index (χ1v) is 12.9. The zero-order valence-corrected chi connectivity index (χ0v) is 21.4. The molecular weight excluding hydrogens is 476 g/mol. The van der Waals surface area contributed by atoms with Crippen molar-refractivity contribution in [2.45, 2.75) is 50.6 Å². The van der Waals surface area contributed by atoms with E-state index in [1.165, 1.54) is 11.9 Å². The molecule has 0 spiro atoms. The summed E-state index contributed by atoms with van der Waals surface area (Å²) in [7, 11) is 0. The van der Waals surface area contributed by atoms with Crippen molar-refractivity contribution < 1.29 is 24.1 Å². The number of aryl methyl sites for hydroxylation is 1. The molecule has 1 aromatic heterocycles. The molecule has 3 heterocycles. The zero-order valence-electron chi connectivity index (χ0n) is 20.6. The van der Waals surface area contributed by atoms with Gasteiger partial charge in [-0.2, -0.15) is 0 Å². The fourth-order valence-corrected chi connectivity index (χ4v) is 5.22. The average Bonchev–Trinajstić information content (AvgIpc) is 3.45. The van der Waals surface area contributed by atoms with Gasteiger partial charge in [-0.05, 0) is 56.5 Å². The minimum absolute atomic E-state index is 0.0687. The van der Waals surface area contributed by atoms with E-state index in [-0.39, 0.29) is 17.3 Å². The highest BCUT2D eigenvalue weighted by Gasteiger charge is 2.29. The summed E-state index contributed by atoms with van der Waals surface area (Å²) >= 11 is 1.46. The Bertz CT molecular complexity index is 1260. The van der Waals surface area contributed by atoms with E-state index < -0.39 is 5.60 Å². The van der Waals surface area contributed by atoms with Crippen molar-refractivity contribution in [1.82, 2.24) is 9.71 Å². The van der Waals surface area contributed by atoms with Crippen LogP contribution in [0.15, 0.2) is 54.6 Å². The molecule has 0 saturated carbocycles. The Kier molecular flexibility index (Phi) is 6.81. The van der Waals surface area contributed by atoms with E-state index in [0.717, 1.165) is 39.4 Å². The second-order valence-corrected chi connectivity index (χ2v) is 10.7. The van der Waals surface area contributed by atoms with Gasteiger partial charge in [-0.3, -0.25) is 9.52 Å². The summed E-state index contributed by atoms with van der Waals surface area (Å²) in [5.41, 5.74) is 4.12. The summed E-state index contributed by atoms with van der Waals surface area (Å²) in [6.07, 6.45) is 0.808. The number of hydrogen-bond donors (Lipinski definition) is 2. The van der Waals surface area contributed by atoms with Crippen LogP contribution in [0.2, 0.25) is 0 Å². The Morgan fingerprint density at radius 1 is 1.14 bits per heavy atom. The van der Waals surface area contributed by atoms with Gasteiger partial charge in [0.15, 0.2) is 6.10 Å². The van der Waals surface area contributed by atoms with Gasteiger partial charge in [0.05, 0.1) is 17.5 Å². The number of fused-ring (bicyclic) bond motifs is 1. The molecule has 7 nitrogen and oxygen atoms in total. The maximum Gasteiger partial charge on any atom is 0.231 e. The molecular formula is C28H30N2O5S. The van der Waals surface area contributed by atoms with Crippen molar-refractivity contribution >= 4 is 17.9 Å². The zero-order chi connectivity index (χ0) is 25.3. The summed E-state index contributed by atoms with van der Waals surface area (Å²) in [5.74, 6) is 2.18. The number of carbonyl (C=O) groups is 1. The predicted molar refractivity (Wildman–Crippen MR) is 139 cm³/mol. The second kappa shape index (κ2) is 10.0. The van der Waals surface area contributed by atoms with E-state index >= 15 is 0 Å². The van der Waals surface area contributed by atoms with Gasteiger partial charge in [0.1, 0.15) is 18.1 Å². The number of ether oxygens (including phenoxy) is 3. The van der Waals surface area contributed by atoms with Crippen LogP contribution >= 0.6 is 11.9 Å². The minimum atomic E-state index is -0.773. The number of hydrogen-bond acceptors (Lipinski definition) is 7. The van der Waals surface area contributed by atoms with Crippen LogP contribution < -0.4 is 18.9 Å². The van der Waals surface area contributed by atoms with E-state index in [1.54, 1.807) is 13.8 Å². The highest BCUT2D eigenvalue weighted by atomic mass is 32.2. The van der Waals surface area contributed by atoms with Crippen LogP contribution in [0.4, 0.5) is 0 Å². The van der Waals surface area contributed by atoms with Gasteiger partial charge in [-0.1, -0.05) is 30.3 Å². The molecule has 2 N–H and O–H groups in total. The Morgan fingerprint density at radius 2 is 1.94 bits per heavy atom. The maximum absolute atomic E-state index is 11.5. The number of pyridine rings is 1. The molecule has 0 aliphatic carbocycles. The number of carbonyl (C=O) groups excluding carboxylic acids is 1. The molecule has 2 aromatic carbocycles. The number of nitrogens with zero attached hydrogens (tertiary/aromatic N) is 1. The van der Waals surface area contributed by atoms with Crippen LogP contribution in [0, 0.1) is 6.92 Å². The first kappa shape index (κ1) is 24.5. The van der Waals surface area contributed by atoms with E-state index in [2.05, 4.69) is 9.71 Å². The largest absolute Gasteiger partial charge is 0.488 e. The van der Waals surface area contributed by atoms with Gasteiger partial charge in [0, 0.05) is 41.3 Å². The molecule has 36 heavy (non-hydrogen) atoms. The standard InChI is InChI=1S/C28H30N2O5S/c1-17-20(11-12-26(29-17)33-14-13-28(2,3)32)21-5-4-6-22-23(16-34-27(21)22)35-19-9-7-18(8-10-19)24-15-25(31)30-36-24/h4-12,23-24,32H,13-16H2,1-3H3,(H,30,31)/t23-,24?/m1/s1. The van der Waals surface area contributed by atoms with Crippen LogP contribution in [0.1, 0.15) is 54.9 Å². The summed E-state index contributed by atoms with van der Waals surface area (Å²) in [5, 5.41) is 10.0. The monoisotopic (exact) mass is 506 g/mol. The number of rotatable bonds is 8. The average molecular weight is 507 g/mol. The molecule has 2 atom stereocenters. The Morgan fingerprint density at radius 3 is 2.64 bits per heavy atom. The van der Waals surface area contributed by atoms with Gasteiger partial charge < -0.3 is 19.3 Å². The smallest absolute Gasteiger partial charge is 0.231 e. The lowest BCUT2D eigenvalue weighted by Crippen LogP contribution is -2.22. The predicted octanol–water partition coefficient (Wildman–Crippen LogP) is 5.32. The molecule has 1 fully saturated rings. The Labute approximate surface area is 215 Å². The van der Waals surface area contributed by atoms with Crippen molar-refractivity contribution in [3.63, 3.8) is 0 Å². The van der Waals surface area contributed by atoms with Gasteiger partial charge >= 0.3 is 0 Å². The number of aliphatic hydroxyl groups is 1. The first-order valence-electron chi connectivity index (χ1n) is 12.1. The van der Waals surface area contributed by atoms with Crippen molar-refractivity contribution in [2.24, 2.45) is 0 Å². The molecule has 188 valence electrons. The molecule has 3 aromatic rings.